The lowest BCUT2D eigenvalue weighted by Gasteiger charge is -2.19. The van der Waals surface area contributed by atoms with Gasteiger partial charge in [0.05, 0.1) is 7.11 Å². The number of carboxylic acids is 1. The number of carbonyl (C=O) groups excluding carboxylic acids is 1. The van der Waals surface area contributed by atoms with Gasteiger partial charge in [0.1, 0.15) is 11.8 Å². The van der Waals surface area contributed by atoms with E-state index in [9.17, 15) is 9.59 Å². The van der Waals surface area contributed by atoms with E-state index in [2.05, 4.69) is 5.32 Å². The summed E-state index contributed by atoms with van der Waals surface area (Å²) in [5.41, 5.74) is 1.02. The van der Waals surface area contributed by atoms with Crippen molar-refractivity contribution in [2.75, 3.05) is 7.11 Å². The number of hydrogen-bond donors (Lipinski definition) is 2. The molecule has 2 unspecified atom stereocenters. The van der Waals surface area contributed by atoms with E-state index in [0.717, 1.165) is 11.3 Å². The van der Waals surface area contributed by atoms with Gasteiger partial charge in [-0.3, -0.25) is 4.79 Å². The molecule has 1 aromatic rings. The van der Waals surface area contributed by atoms with Crippen molar-refractivity contribution < 1.29 is 19.4 Å². The molecular formula is C16H23NO4. The first-order valence-electron chi connectivity index (χ1n) is 7.01. The Bertz CT molecular complexity index is 482. The highest BCUT2D eigenvalue weighted by Gasteiger charge is 2.24. The number of nitrogens with one attached hydrogen (secondary N) is 1. The van der Waals surface area contributed by atoms with Gasteiger partial charge in [0.2, 0.25) is 5.91 Å². The van der Waals surface area contributed by atoms with Crippen LogP contribution in [-0.4, -0.2) is 30.1 Å². The van der Waals surface area contributed by atoms with E-state index >= 15 is 0 Å². The van der Waals surface area contributed by atoms with Gasteiger partial charge >= 0.3 is 5.97 Å². The number of amides is 1. The number of hydrogen-bond acceptors (Lipinski definition) is 3. The second kappa shape index (κ2) is 7.67. The van der Waals surface area contributed by atoms with Crippen molar-refractivity contribution in [2.24, 2.45) is 5.92 Å². The summed E-state index contributed by atoms with van der Waals surface area (Å²) in [7, 11) is 1.60. The van der Waals surface area contributed by atoms with Crippen LogP contribution in [0.15, 0.2) is 24.3 Å². The van der Waals surface area contributed by atoms with Crippen LogP contribution in [-0.2, 0) is 9.59 Å². The topological polar surface area (TPSA) is 75.6 Å². The zero-order valence-electron chi connectivity index (χ0n) is 12.9. The van der Waals surface area contributed by atoms with Crippen LogP contribution < -0.4 is 10.1 Å². The van der Waals surface area contributed by atoms with Gasteiger partial charge in [0.15, 0.2) is 0 Å². The summed E-state index contributed by atoms with van der Waals surface area (Å²) in [6.07, 6.45) is 0.253. The number of benzene rings is 1. The lowest BCUT2D eigenvalue weighted by Crippen LogP contribution is -2.44. The number of carbonyl (C=O) groups is 2. The Morgan fingerprint density at radius 2 is 1.76 bits per heavy atom. The van der Waals surface area contributed by atoms with Crippen molar-refractivity contribution in [2.45, 2.75) is 39.2 Å². The van der Waals surface area contributed by atoms with Gasteiger partial charge < -0.3 is 15.2 Å². The standard InChI is InChI=1S/C16H23NO4/c1-10(2)15(16(19)20)17-14(18)9-11(3)12-5-7-13(21-4)8-6-12/h5-8,10-11,15H,9H2,1-4H3,(H,17,18)(H,19,20). The first kappa shape index (κ1) is 17.0. The van der Waals surface area contributed by atoms with Gasteiger partial charge in [0.25, 0.3) is 0 Å². The second-order valence-electron chi connectivity index (χ2n) is 5.51. The van der Waals surface area contributed by atoms with Gasteiger partial charge in [-0.05, 0) is 29.5 Å². The Morgan fingerprint density at radius 3 is 2.19 bits per heavy atom. The third-order valence-electron chi connectivity index (χ3n) is 3.43. The van der Waals surface area contributed by atoms with E-state index in [1.165, 1.54) is 0 Å². The monoisotopic (exact) mass is 293 g/mol. The van der Waals surface area contributed by atoms with Crippen molar-refractivity contribution in [3.05, 3.63) is 29.8 Å². The van der Waals surface area contributed by atoms with Crippen LogP contribution in [0.3, 0.4) is 0 Å². The average Bonchev–Trinajstić information content (AvgIpc) is 2.44. The minimum absolute atomic E-state index is 0.0116. The maximum Gasteiger partial charge on any atom is 0.326 e. The predicted octanol–water partition coefficient (Wildman–Crippen LogP) is 2.41. The highest BCUT2D eigenvalue weighted by atomic mass is 16.5. The van der Waals surface area contributed by atoms with Gasteiger partial charge in [-0.1, -0.05) is 32.9 Å². The van der Waals surface area contributed by atoms with Crippen LogP contribution >= 0.6 is 0 Å². The fourth-order valence-corrected chi connectivity index (χ4v) is 2.07. The van der Waals surface area contributed by atoms with Crippen molar-refractivity contribution in [1.82, 2.24) is 5.32 Å². The summed E-state index contributed by atoms with van der Waals surface area (Å²) >= 11 is 0. The molecule has 0 saturated carbocycles. The van der Waals surface area contributed by atoms with Crippen LogP contribution in [0.1, 0.15) is 38.7 Å². The first-order valence-corrected chi connectivity index (χ1v) is 7.01. The van der Waals surface area contributed by atoms with Gasteiger partial charge in [-0.25, -0.2) is 4.79 Å². The molecule has 0 aliphatic rings. The van der Waals surface area contributed by atoms with Crippen LogP contribution in [0.4, 0.5) is 0 Å². The third kappa shape index (κ3) is 5.10. The number of aliphatic carboxylic acids is 1. The summed E-state index contributed by atoms with van der Waals surface area (Å²) in [4.78, 5) is 23.0. The minimum atomic E-state index is -1.00. The predicted molar refractivity (Wildman–Crippen MR) is 80.4 cm³/mol. The van der Waals surface area contributed by atoms with Gasteiger partial charge in [-0.15, -0.1) is 0 Å². The molecular weight excluding hydrogens is 270 g/mol. The fraction of sp³-hybridized carbons (Fsp3) is 0.500. The van der Waals surface area contributed by atoms with Crippen LogP contribution in [0.2, 0.25) is 0 Å². The molecule has 1 aromatic carbocycles. The van der Waals surface area contributed by atoms with Crippen LogP contribution in [0.25, 0.3) is 0 Å². The van der Waals surface area contributed by atoms with E-state index in [4.69, 9.17) is 9.84 Å². The Balaban J connectivity index is 2.62. The van der Waals surface area contributed by atoms with E-state index in [1.807, 2.05) is 31.2 Å². The number of ether oxygens (including phenoxy) is 1. The Kier molecular flexibility index (Phi) is 6.21. The smallest absolute Gasteiger partial charge is 0.326 e. The maximum atomic E-state index is 12.0. The van der Waals surface area contributed by atoms with E-state index < -0.39 is 12.0 Å². The molecule has 0 aliphatic carbocycles. The molecule has 116 valence electrons. The van der Waals surface area contributed by atoms with Crippen molar-refractivity contribution in [3.63, 3.8) is 0 Å². The maximum absolute atomic E-state index is 12.0. The Morgan fingerprint density at radius 1 is 1.19 bits per heavy atom. The SMILES string of the molecule is COc1ccc(C(C)CC(=O)NC(C(=O)O)C(C)C)cc1. The molecule has 0 heterocycles. The van der Waals surface area contributed by atoms with E-state index in [1.54, 1.807) is 21.0 Å². The molecule has 2 atom stereocenters. The first-order chi connectivity index (χ1) is 9.85. The van der Waals surface area contributed by atoms with E-state index in [-0.39, 0.29) is 24.2 Å². The Labute approximate surface area is 125 Å². The molecule has 0 aromatic heterocycles. The van der Waals surface area contributed by atoms with E-state index in [0.29, 0.717) is 0 Å². The molecule has 5 heteroatoms. The largest absolute Gasteiger partial charge is 0.497 e. The molecule has 0 saturated heterocycles. The van der Waals surface area contributed by atoms with Crippen molar-refractivity contribution in [1.29, 1.82) is 0 Å². The molecule has 0 radical (unpaired) electrons. The molecule has 2 N–H and O–H groups in total. The van der Waals surface area contributed by atoms with Crippen LogP contribution in [0, 0.1) is 5.92 Å². The summed E-state index contributed by atoms with van der Waals surface area (Å²) in [5.74, 6) is -0.628. The Hall–Kier alpha value is -2.04. The molecule has 5 nitrogen and oxygen atoms in total. The number of methoxy groups -OCH3 is 1. The third-order valence-corrected chi connectivity index (χ3v) is 3.43. The van der Waals surface area contributed by atoms with Gasteiger partial charge in [-0.2, -0.15) is 0 Å². The average molecular weight is 293 g/mol. The van der Waals surface area contributed by atoms with Crippen molar-refractivity contribution in [3.8, 4) is 5.75 Å². The molecule has 21 heavy (non-hydrogen) atoms. The zero-order chi connectivity index (χ0) is 16.0. The summed E-state index contributed by atoms with van der Waals surface area (Å²) in [6, 6.07) is 6.66. The molecule has 0 fully saturated rings. The number of rotatable bonds is 7. The zero-order valence-corrected chi connectivity index (χ0v) is 12.9. The highest BCUT2D eigenvalue weighted by molar-refractivity contribution is 5.84. The molecule has 0 bridgehead atoms. The summed E-state index contributed by atoms with van der Waals surface area (Å²) in [5, 5.41) is 11.6. The fourth-order valence-electron chi connectivity index (χ4n) is 2.07. The highest BCUT2D eigenvalue weighted by Crippen LogP contribution is 2.21. The lowest BCUT2D eigenvalue weighted by molar-refractivity contribution is -0.143. The quantitative estimate of drug-likeness (QED) is 0.809. The van der Waals surface area contributed by atoms with Crippen molar-refractivity contribution >= 4 is 11.9 Å². The molecule has 0 spiro atoms. The second-order valence-corrected chi connectivity index (χ2v) is 5.51. The summed E-state index contributed by atoms with van der Waals surface area (Å²) in [6.45, 7) is 5.48. The number of carboxylic acid groups (broad SMARTS) is 1. The molecule has 0 aliphatic heterocycles. The lowest BCUT2D eigenvalue weighted by atomic mass is 9.96. The minimum Gasteiger partial charge on any atom is -0.497 e. The molecule has 1 amide bonds. The van der Waals surface area contributed by atoms with Gasteiger partial charge in [0, 0.05) is 6.42 Å². The van der Waals surface area contributed by atoms with Crippen LogP contribution in [0.5, 0.6) is 5.75 Å². The summed E-state index contributed by atoms with van der Waals surface area (Å²) < 4.78 is 5.09. The normalized spacial score (nSPS) is 13.6. The molecule has 1 rings (SSSR count).